The Morgan fingerprint density at radius 3 is 1.50 bits per heavy atom. The van der Waals surface area contributed by atoms with Gasteiger partial charge in [-0.1, -0.05) is 6.58 Å². The van der Waals surface area contributed by atoms with E-state index in [2.05, 4.69) is 34.3 Å². The Labute approximate surface area is 94.4 Å². The zero-order valence-corrected chi connectivity index (χ0v) is 11.0. The molecule has 0 aromatic carbocycles. The van der Waals surface area contributed by atoms with Crippen molar-refractivity contribution in [2.75, 3.05) is 26.2 Å². The van der Waals surface area contributed by atoms with Crippen LogP contribution in [-0.4, -0.2) is 30.7 Å². The van der Waals surface area contributed by atoms with Crippen LogP contribution in [-0.2, 0) is 0 Å². The molecule has 0 aliphatic heterocycles. The third-order valence-electron chi connectivity index (χ3n) is 2.62. The summed E-state index contributed by atoms with van der Waals surface area (Å²) in [7, 11) is 0. The van der Waals surface area contributed by atoms with Crippen LogP contribution in [0.5, 0.6) is 0 Å². The maximum atomic E-state index is 3.97. The second-order valence-electron chi connectivity index (χ2n) is 3.41. The van der Waals surface area contributed by atoms with Gasteiger partial charge in [-0.2, -0.15) is 0 Å². The molecule has 0 saturated carbocycles. The second kappa shape index (κ2) is 6.89. The largest absolute Gasteiger partial charge is 1.00 e. The number of quaternary nitrogens is 1. The topological polar surface area (TPSA) is 0 Å². The van der Waals surface area contributed by atoms with Crippen LogP contribution < -0.4 is 24.0 Å². The standard InChI is InChI=1S/C10H22N.HI/c1-6-11(7-2,8-3)9-10(4)5;/h4,6-9H2,1-3,5H3;1H/q+1;/p-1. The minimum absolute atomic E-state index is 0. The molecule has 0 spiro atoms. The molecule has 0 rings (SSSR count). The predicted molar refractivity (Wildman–Crippen MR) is 51.6 cm³/mol. The molecule has 0 radical (unpaired) electrons. The van der Waals surface area contributed by atoms with E-state index in [-0.39, 0.29) is 24.0 Å². The molecule has 0 aromatic heterocycles. The summed E-state index contributed by atoms with van der Waals surface area (Å²) in [5.74, 6) is 0. The van der Waals surface area contributed by atoms with E-state index < -0.39 is 0 Å². The fraction of sp³-hybridized carbons (Fsp3) is 0.800. The molecule has 12 heavy (non-hydrogen) atoms. The van der Waals surface area contributed by atoms with E-state index in [0.29, 0.717) is 0 Å². The summed E-state index contributed by atoms with van der Waals surface area (Å²) in [4.78, 5) is 0. The van der Waals surface area contributed by atoms with Crippen LogP contribution in [0.15, 0.2) is 12.2 Å². The number of halogens is 1. The van der Waals surface area contributed by atoms with Crippen molar-refractivity contribution >= 4 is 0 Å². The number of rotatable bonds is 5. The molecule has 0 N–H and O–H groups in total. The predicted octanol–water partition coefficient (Wildman–Crippen LogP) is -0.557. The van der Waals surface area contributed by atoms with E-state index in [1.165, 1.54) is 29.7 Å². The maximum Gasteiger partial charge on any atom is 0.0997 e. The average molecular weight is 283 g/mol. The second-order valence-corrected chi connectivity index (χ2v) is 3.41. The highest BCUT2D eigenvalue weighted by atomic mass is 127. The van der Waals surface area contributed by atoms with Crippen molar-refractivity contribution in [2.24, 2.45) is 0 Å². The van der Waals surface area contributed by atoms with Crippen molar-refractivity contribution in [1.82, 2.24) is 0 Å². The maximum absolute atomic E-state index is 3.97. The molecule has 0 bridgehead atoms. The molecule has 2 heteroatoms. The summed E-state index contributed by atoms with van der Waals surface area (Å²) in [6.45, 7) is 17.7. The Kier molecular flexibility index (Phi) is 8.58. The van der Waals surface area contributed by atoms with Crippen molar-refractivity contribution in [1.29, 1.82) is 0 Å². The highest BCUT2D eigenvalue weighted by Crippen LogP contribution is 2.08. The van der Waals surface area contributed by atoms with Crippen molar-refractivity contribution in [3.63, 3.8) is 0 Å². The minimum atomic E-state index is 0. The number of nitrogens with zero attached hydrogens (tertiary/aromatic N) is 1. The summed E-state index contributed by atoms with van der Waals surface area (Å²) in [5.41, 5.74) is 1.30. The first-order valence-electron chi connectivity index (χ1n) is 4.59. The zero-order chi connectivity index (χ0) is 8.91. The van der Waals surface area contributed by atoms with Gasteiger partial charge in [-0.25, -0.2) is 0 Å². The normalized spacial score (nSPS) is 10.7. The van der Waals surface area contributed by atoms with E-state index >= 15 is 0 Å². The average Bonchev–Trinajstić information content (AvgIpc) is 2.00. The van der Waals surface area contributed by atoms with Gasteiger partial charge in [0.2, 0.25) is 0 Å². The van der Waals surface area contributed by atoms with Crippen LogP contribution in [0.1, 0.15) is 27.7 Å². The van der Waals surface area contributed by atoms with Crippen molar-refractivity contribution in [3.05, 3.63) is 12.2 Å². The Balaban J connectivity index is 0. The molecule has 0 saturated heterocycles. The van der Waals surface area contributed by atoms with Crippen LogP contribution in [0.4, 0.5) is 0 Å². The molecule has 0 fully saturated rings. The lowest BCUT2D eigenvalue weighted by Gasteiger charge is -2.35. The fourth-order valence-electron chi connectivity index (χ4n) is 1.58. The van der Waals surface area contributed by atoms with Crippen LogP contribution in [0.2, 0.25) is 0 Å². The lowest BCUT2D eigenvalue weighted by molar-refractivity contribution is -0.918. The molecule has 0 unspecified atom stereocenters. The summed E-state index contributed by atoms with van der Waals surface area (Å²) >= 11 is 0. The molecular formula is C10H22IN. The van der Waals surface area contributed by atoms with Gasteiger partial charge >= 0.3 is 0 Å². The van der Waals surface area contributed by atoms with Crippen LogP contribution >= 0.6 is 0 Å². The number of likely N-dealkylation sites (N-methyl/N-ethyl adjacent to an activating group) is 1. The van der Waals surface area contributed by atoms with Crippen LogP contribution in [0.3, 0.4) is 0 Å². The van der Waals surface area contributed by atoms with Gasteiger partial charge in [-0.15, -0.1) is 0 Å². The van der Waals surface area contributed by atoms with E-state index in [9.17, 15) is 0 Å². The zero-order valence-electron chi connectivity index (χ0n) is 8.86. The lowest BCUT2D eigenvalue weighted by atomic mass is 10.2. The van der Waals surface area contributed by atoms with Gasteiger partial charge in [0.05, 0.1) is 26.2 Å². The molecule has 0 amide bonds. The summed E-state index contributed by atoms with van der Waals surface area (Å²) in [6, 6.07) is 0. The fourth-order valence-corrected chi connectivity index (χ4v) is 1.58. The molecule has 0 atom stereocenters. The molecule has 0 aliphatic rings. The van der Waals surface area contributed by atoms with E-state index in [0.717, 1.165) is 6.54 Å². The third-order valence-corrected chi connectivity index (χ3v) is 2.62. The van der Waals surface area contributed by atoms with Gasteiger partial charge in [0, 0.05) is 0 Å². The Morgan fingerprint density at radius 1 is 1.08 bits per heavy atom. The van der Waals surface area contributed by atoms with Gasteiger partial charge in [0.15, 0.2) is 0 Å². The molecule has 0 aliphatic carbocycles. The van der Waals surface area contributed by atoms with E-state index in [1.807, 2.05) is 0 Å². The summed E-state index contributed by atoms with van der Waals surface area (Å²) in [5, 5.41) is 0. The van der Waals surface area contributed by atoms with E-state index in [1.54, 1.807) is 0 Å². The summed E-state index contributed by atoms with van der Waals surface area (Å²) in [6.07, 6.45) is 0. The van der Waals surface area contributed by atoms with Crippen molar-refractivity contribution < 1.29 is 28.5 Å². The quantitative estimate of drug-likeness (QED) is 0.361. The van der Waals surface area contributed by atoms with Crippen LogP contribution in [0, 0.1) is 0 Å². The molecule has 1 nitrogen and oxygen atoms in total. The first kappa shape index (κ1) is 14.9. The Hall–Kier alpha value is 0.430. The van der Waals surface area contributed by atoms with Crippen molar-refractivity contribution in [2.45, 2.75) is 27.7 Å². The minimum Gasteiger partial charge on any atom is -1.00 e. The third kappa shape index (κ3) is 4.45. The Morgan fingerprint density at radius 2 is 1.42 bits per heavy atom. The van der Waals surface area contributed by atoms with Gasteiger partial charge in [0.1, 0.15) is 0 Å². The van der Waals surface area contributed by atoms with Crippen LogP contribution in [0.25, 0.3) is 0 Å². The molecule has 0 heterocycles. The van der Waals surface area contributed by atoms with Gasteiger partial charge in [-0.3, -0.25) is 0 Å². The first-order chi connectivity index (χ1) is 5.10. The first-order valence-corrected chi connectivity index (χ1v) is 4.59. The highest BCUT2D eigenvalue weighted by Gasteiger charge is 2.19. The monoisotopic (exact) mass is 283 g/mol. The molecule has 74 valence electrons. The van der Waals surface area contributed by atoms with Gasteiger partial charge < -0.3 is 28.5 Å². The lowest BCUT2D eigenvalue weighted by Crippen LogP contribution is -3.00. The highest BCUT2D eigenvalue weighted by molar-refractivity contribution is 4.87. The van der Waals surface area contributed by atoms with Gasteiger partial charge in [-0.05, 0) is 33.3 Å². The van der Waals surface area contributed by atoms with Gasteiger partial charge in [0.25, 0.3) is 0 Å². The van der Waals surface area contributed by atoms with Crippen molar-refractivity contribution in [3.8, 4) is 0 Å². The smallest absolute Gasteiger partial charge is 0.0997 e. The molecule has 0 aromatic rings. The Bertz CT molecular complexity index is 120. The van der Waals surface area contributed by atoms with E-state index in [4.69, 9.17) is 0 Å². The summed E-state index contributed by atoms with van der Waals surface area (Å²) < 4.78 is 1.19. The SMILES string of the molecule is C=C(C)C[N+](CC)(CC)CC.[I-]. The number of hydrogen-bond acceptors (Lipinski definition) is 0. The number of hydrogen-bond donors (Lipinski definition) is 0. The molecular weight excluding hydrogens is 261 g/mol.